The second-order valence-electron chi connectivity index (χ2n) is 8.21. The first-order chi connectivity index (χ1) is 11.8. The highest BCUT2D eigenvalue weighted by Crippen LogP contribution is 2.30. The number of hydrogen-bond acceptors (Lipinski definition) is 3. The van der Waals surface area contributed by atoms with Crippen LogP contribution < -0.4 is 0 Å². The number of fused-ring (bicyclic) bond motifs is 1. The molecule has 0 amide bonds. The summed E-state index contributed by atoms with van der Waals surface area (Å²) in [5.41, 5.74) is 1.50. The zero-order valence-corrected chi connectivity index (χ0v) is 15.7. The van der Waals surface area contributed by atoms with Crippen molar-refractivity contribution in [3.63, 3.8) is 0 Å². The van der Waals surface area contributed by atoms with Crippen molar-refractivity contribution in [2.24, 2.45) is 5.41 Å². The van der Waals surface area contributed by atoms with E-state index in [-0.39, 0.29) is 11.3 Å². The van der Waals surface area contributed by atoms with Crippen LogP contribution in [0.2, 0.25) is 0 Å². The van der Waals surface area contributed by atoms with Crippen LogP contribution in [0.4, 0.5) is 0 Å². The Balaban J connectivity index is 1.79. The van der Waals surface area contributed by atoms with Crippen molar-refractivity contribution in [3.8, 4) is 0 Å². The zero-order chi connectivity index (χ0) is 18.4. The molecule has 1 aromatic carbocycles. The van der Waals surface area contributed by atoms with E-state index in [2.05, 4.69) is 20.8 Å². The molecule has 0 atom stereocenters. The molecule has 0 fully saturated rings. The normalized spacial score (nSPS) is 14.8. The van der Waals surface area contributed by atoms with Crippen LogP contribution >= 0.6 is 0 Å². The van der Waals surface area contributed by atoms with Gasteiger partial charge in [-0.3, -0.25) is 9.59 Å². The summed E-state index contributed by atoms with van der Waals surface area (Å²) in [5, 5.41) is 10.4. The minimum absolute atomic E-state index is 0.00891. The Kier molecular flexibility index (Phi) is 6.57. The van der Waals surface area contributed by atoms with Gasteiger partial charge in [0.05, 0.1) is 0 Å². The molecular formula is C22H30O3. The molecular weight excluding hydrogens is 312 g/mol. The maximum Gasteiger partial charge on any atom is 0.234 e. The first-order valence-corrected chi connectivity index (χ1v) is 9.42. The number of aliphatic hydroxyl groups excluding tert-OH is 1. The SMILES string of the molecule is CC(C)(C)CCCCCCCCC1=C(O)c2ccccc2C(=O)C1=O. The quantitative estimate of drug-likeness (QED) is 0.473. The van der Waals surface area contributed by atoms with Gasteiger partial charge in [0.15, 0.2) is 0 Å². The Morgan fingerprint density at radius 1 is 0.800 bits per heavy atom. The van der Waals surface area contributed by atoms with E-state index in [0.717, 1.165) is 19.3 Å². The molecule has 0 aromatic heterocycles. The molecule has 2 rings (SSSR count). The predicted octanol–water partition coefficient (Wildman–Crippen LogP) is 5.89. The van der Waals surface area contributed by atoms with Crippen LogP contribution in [-0.4, -0.2) is 16.7 Å². The van der Waals surface area contributed by atoms with E-state index in [1.54, 1.807) is 24.3 Å². The van der Waals surface area contributed by atoms with E-state index < -0.39 is 11.6 Å². The number of aliphatic hydroxyl groups is 1. The second-order valence-corrected chi connectivity index (χ2v) is 8.21. The van der Waals surface area contributed by atoms with Crippen LogP contribution in [0, 0.1) is 5.41 Å². The summed E-state index contributed by atoms with van der Waals surface area (Å²) in [7, 11) is 0. The first-order valence-electron chi connectivity index (χ1n) is 9.42. The molecule has 0 bridgehead atoms. The fourth-order valence-electron chi connectivity index (χ4n) is 3.31. The molecule has 136 valence electrons. The maximum absolute atomic E-state index is 12.2. The average Bonchev–Trinajstić information content (AvgIpc) is 2.57. The molecule has 1 N–H and O–H groups in total. The van der Waals surface area contributed by atoms with Crippen LogP contribution in [0.15, 0.2) is 29.8 Å². The third kappa shape index (κ3) is 5.29. The van der Waals surface area contributed by atoms with E-state index in [1.807, 2.05) is 0 Å². The molecule has 0 spiro atoms. The number of Topliss-reactive ketones (excluding diaryl/α,β-unsaturated/α-hetero) is 2. The standard InChI is InChI=1S/C22H30O3/c1-22(2,3)15-11-7-5-4-6-8-14-18-19(23)16-12-9-10-13-17(16)20(24)21(18)25/h9-10,12-13,23H,4-8,11,14-15H2,1-3H3. The van der Waals surface area contributed by atoms with Gasteiger partial charge in [0.2, 0.25) is 11.6 Å². The number of rotatable bonds is 8. The van der Waals surface area contributed by atoms with Crippen LogP contribution in [-0.2, 0) is 4.79 Å². The largest absolute Gasteiger partial charge is 0.507 e. The summed E-state index contributed by atoms with van der Waals surface area (Å²) in [6.07, 6.45) is 8.44. The van der Waals surface area contributed by atoms with Gasteiger partial charge in [0, 0.05) is 16.7 Å². The number of benzene rings is 1. The first kappa shape index (κ1) is 19.4. The van der Waals surface area contributed by atoms with Gasteiger partial charge in [-0.15, -0.1) is 0 Å². The Morgan fingerprint density at radius 3 is 2.00 bits per heavy atom. The number of hydrogen-bond donors (Lipinski definition) is 1. The summed E-state index contributed by atoms with van der Waals surface area (Å²) in [6.45, 7) is 6.81. The topological polar surface area (TPSA) is 54.4 Å². The average molecular weight is 342 g/mol. The molecule has 0 unspecified atom stereocenters. The van der Waals surface area contributed by atoms with Crippen LogP contribution in [0.25, 0.3) is 5.76 Å². The summed E-state index contributed by atoms with van der Waals surface area (Å²) < 4.78 is 0. The number of unbranched alkanes of at least 4 members (excludes halogenated alkanes) is 5. The second kappa shape index (κ2) is 8.46. The third-order valence-electron chi connectivity index (χ3n) is 4.80. The van der Waals surface area contributed by atoms with Crippen molar-refractivity contribution in [2.75, 3.05) is 0 Å². The van der Waals surface area contributed by atoms with Gasteiger partial charge in [-0.1, -0.05) is 77.1 Å². The number of carbonyl (C=O) groups excluding carboxylic acids is 2. The van der Waals surface area contributed by atoms with Gasteiger partial charge in [-0.05, 0) is 24.7 Å². The van der Waals surface area contributed by atoms with Gasteiger partial charge in [0.1, 0.15) is 5.76 Å². The molecule has 0 heterocycles. The molecule has 0 radical (unpaired) electrons. The minimum Gasteiger partial charge on any atom is -0.507 e. The summed E-state index contributed by atoms with van der Waals surface area (Å²) in [5.74, 6) is -1.04. The van der Waals surface area contributed by atoms with Crippen molar-refractivity contribution in [1.29, 1.82) is 0 Å². The molecule has 25 heavy (non-hydrogen) atoms. The van der Waals surface area contributed by atoms with Gasteiger partial charge in [0.25, 0.3) is 0 Å². The summed E-state index contributed by atoms with van der Waals surface area (Å²) in [4.78, 5) is 24.4. The number of ketones is 2. The van der Waals surface area contributed by atoms with E-state index in [4.69, 9.17) is 0 Å². The molecule has 1 aromatic rings. The minimum atomic E-state index is -0.540. The Labute approximate surface area is 151 Å². The highest BCUT2D eigenvalue weighted by atomic mass is 16.3. The zero-order valence-electron chi connectivity index (χ0n) is 15.7. The lowest BCUT2D eigenvalue weighted by molar-refractivity contribution is -0.112. The Bertz CT molecular complexity index is 662. The van der Waals surface area contributed by atoms with Crippen LogP contribution in [0.5, 0.6) is 0 Å². The lowest BCUT2D eigenvalue weighted by Gasteiger charge is -2.18. The molecule has 1 aliphatic carbocycles. The maximum atomic E-state index is 12.2. The highest BCUT2D eigenvalue weighted by Gasteiger charge is 2.31. The van der Waals surface area contributed by atoms with Gasteiger partial charge in [-0.2, -0.15) is 0 Å². The molecule has 0 saturated heterocycles. The molecule has 3 heteroatoms. The fraction of sp³-hybridized carbons (Fsp3) is 0.545. The molecule has 0 saturated carbocycles. The predicted molar refractivity (Wildman–Crippen MR) is 102 cm³/mol. The van der Waals surface area contributed by atoms with Crippen LogP contribution in [0.1, 0.15) is 88.1 Å². The van der Waals surface area contributed by atoms with E-state index in [1.165, 1.54) is 25.7 Å². The van der Waals surface area contributed by atoms with Gasteiger partial charge in [-0.25, -0.2) is 0 Å². The monoisotopic (exact) mass is 342 g/mol. The van der Waals surface area contributed by atoms with Crippen molar-refractivity contribution in [2.45, 2.75) is 72.1 Å². The van der Waals surface area contributed by atoms with Gasteiger partial charge >= 0.3 is 0 Å². The van der Waals surface area contributed by atoms with Gasteiger partial charge < -0.3 is 5.11 Å². The van der Waals surface area contributed by atoms with Crippen molar-refractivity contribution >= 4 is 17.3 Å². The van der Waals surface area contributed by atoms with E-state index in [9.17, 15) is 14.7 Å². The molecule has 0 aliphatic heterocycles. The summed E-state index contributed by atoms with van der Waals surface area (Å²) in [6, 6.07) is 6.78. The molecule has 3 nitrogen and oxygen atoms in total. The molecule has 1 aliphatic rings. The smallest absolute Gasteiger partial charge is 0.234 e. The highest BCUT2D eigenvalue weighted by molar-refractivity contribution is 6.52. The van der Waals surface area contributed by atoms with Crippen molar-refractivity contribution < 1.29 is 14.7 Å². The number of allylic oxidation sites excluding steroid dienone is 1. The lowest BCUT2D eigenvalue weighted by Crippen LogP contribution is -2.24. The summed E-state index contributed by atoms with van der Waals surface area (Å²) >= 11 is 0. The van der Waals surface area contributed by atoms with Crippen LogP contribution in [0.3, 0.4) is 0 Å². The fourth-order valence-corrected chi connectivity index (χ4v) is 3.31. The third-order valence-corrected chi connectivity index (χ3v) is 4.80. The van der Waals surface area contributed by atoms with Crippen molar-refractivity contribution in [1.82, 2.24) is 0 Å². The van der Waals surface area contributed by atoms with E-state index in [0.29, 0.717) is 23.0 Å². The Hall–Kier alpha value is -1.90. The van der Waals surface area contributed by atoms with E-state index >= 15 is 0 Å². The Morgan fingerprint density at radius 2 is 1.36 bits per heavy atom. The lowest BCUT2D eigenvalue weighted by atomic mass is 9.86. The van der Waals surface area contributed by atoms with Crippen molar-refractivity contribution in [3.05, 3.63) is 41.0 Å². The number of carbonyl (C=O) groups is 2.